The van der Waals surface area contributed by atoms with Gasteiger partial charge in [-0.05, 0) is 68.5 Å². The van der Waals surface area contributed by atoms with Crippen molar-refractivity contribution >= 4 is 47.1 Å². The standard InChI is InChI=1S/C44H50Cl2F2N4O8/c1-25(59-40(55)51-16-18-52(19-17-51)41(56)60-43(5,6)7)58-39(54)27-13-12-26(34(21-27)57-8)20-33(53)38-36(29-10-9-11-31(46)37(29)48)44(24-49,35(50-38)23-42(2,3)4)30-15-14-28(45)22-32(30)47/h9-15,21-22,25,35-36,38,50H,16-20,23H2,1-8H3/t25?,35-,36-,38-,44-/m0/s1. The molecule has 0 saturated carbocycles. The van der Waals surface area contributed by atoms with Crippen molar-refractivity contribution in [3.8, 4) is 11.8 Å². The Morgan fingerprint density at radius 2 is 1.58 bits per heavy atom. The molecule has 5 atom stereocenters. The molecule has 12 nitrogen and oxygen atoms in total. The highest BCUT2D eigenvalue weighted by molar-refractivity contribution is 6.31. The Kier molecular flexibility index (Phi) is 14.1. The number of nitrogens with one attached hydrogen (secondary N) is 1. The molecule has 2 aliphatic heterocycles. The van der Waals surface area contributed by atoms with Crippen molar-refractivity contribution in [3.05, 3.63) is 98.5 Å². The molecule has 3 aromatic rings. The molecule has 16 heteroatoms. The summed E-state index contributed by atoms with van der Waals surface area (Å²) in [5, 5.41) is 14.3. The van der Waals surface area contributed by atoms with Crippen molar-refractivity contribution in [2.45, 2.75) is 96.6 Å². The summed E-state index contributed by atoms with van der Waals surface area (Å²) in [5.41, 5.74) is -2.59. The number of ketones is 1. The van der Waals surface area contributed by atoms with Crippen LogP contribution in [0.25, 0.3) is 0 Å². The van der Waals surface area contributed by atoms with Gasteiger partial charge in [0.1, 0.15) is 28.4 Å². The Labute approximate surface area is 359 Å². The zero-order valence-electron chi connectivity index (χ0n) is 34.9. The predicted octanol–water partition coefficient (Wildman–Crippen LogP) is 8.61. The van der Waals surface area contributed by atoms with Crippen LogP contribution in [0, 0.1) is 28.4 Å². The van der Waals surface area contributed by atoms with E-state index in [4.69, 9.17) is 42.1 Å². The number of halogens is 4. The zero-order valence-corrected chi connectivity index (χ0v) is 36.4. The van der Waals surface area contributed by atoms with E-state index >= 15 is 8.78 Å². The van der Waals surface area contributed by atoms with Gasteiger partial charge in [-0.2, -0.15) is 5.26 Å². The first-order valence-electron chi connectivity index (χ1n) is 19.5. The Morgan fingerprint density at radius 1 is 0.933 bits per heavy atom. The van der Waals surface area contributed by atoms with Crippen molar-refractivity contribution in [3.63, 3.8) is 0 Å². The fourth-order valence-corrected chi connectivity index (χ4v) is 8.12. The maximum atomic E-state index is 16.1. The third-order valence-corrected chi connectivity index (χ3v) is 10.9. The van der Waals surface area contributed by atoms with Crippen molar-refractivity contribution in [1.29, 1.82) is 5.26 Å². The summed E-state index contributed by atoms with van der Waals surface area (Å²) in [5.74, 6) is -4.04. The lowest BCUT2D eigenvalue weighted by molar-refractivity contribution is -0.120. The molecule has 1 N–H and O–H groups in total. The number of carbonyl (C=O) groups excluding carboxylic acids is 4. The number of amides is 2. The molecule has 0 aromatic heterocycles. The summed E-state index contributed by atoms with van der Waals surface area (Å²) in [6.45, 7) is 13.4. The summed E-state index contributed by atoms with van der Waals surface area (Å²) in [6, 6.07) is 12.8. The topological polar surface area (TPSA) is 148 Å². The third-order valence-electron chi connectivity index (χ3n) is 10.4. The largest absolute Gasteiger partial charge is 0.496 e. The van der Waals surface area contributed by atoms with Gasteiger partial charge in [0.25, 0.3) is 0 Å². The highest BCUT2D eigenvalue weighted by Gasteiger charge is 2.61. The second-order valence-corrected chi connectivity index (χ2v) is 18.0. The summed E-state index contributed by atoms with van der Waals surface area (Å²) in [7, 11) is 1.35. The molecule has 0 bridgehead atoms. The molecule has 3 aromatic carbocycles. The number of ether oxygens (including phenoxy) is 4. The summed E-state index contributed by atoms with van der Waals surface area (Å²) in [6.07, 6.45) is -2.50. The highest BCUT2D eigenvalue weighted by atomic mass is 35.5. The molecule has 1 unspecified atom stereocenters. The van der Waals surface area contributed by atoms with Gasteiger partial charge in [0, 0.05) is 67.6 Å². The Bertz CT molecular complexity index is 2160. The number of methoxy groups -OCH3 is 1. The van der Waals surface area contributed by atoms with Crippen LogP contribution < -0.4 is 10.1 Å². The van der Waals surface area contributed by atoms with E-state index in [1.165, 1.54) is 72.4 Å². The highest BCUT2D eigenvalue weighted by Crippen LogP contribution is 2.53. The van der Waals surface area contributed by atoms with E-state index < -0.39 is 76.3 Å². The van der Waals surface area contributed by atoms with E-state index in [-0.39, 0.29) is 65.1 Å². The van der Waals surface area contributed by atoms with Crippen molar-refractivity contribution in [2.75, 3.05) is 33.3 Å². The van der Waals surface area contributed by atoms with Gasteiger partial charge in [-0.25, -0.2) is 23.2 Å². The molecule has 0 radical (unpaired) electrons. The van der Waals surface area contributed by atoms with E-state index in [1.807, 2.05) is 20.8 Å². The van der Waals surface area contributed by atoms with E-state index in [9.17, 15) is 24.4 Å². The lowest BCUT2D eigenvalue weighted by atomic mass is 9.62. The predicted molar refractivity (Wildman–Crippen MR) is 220 cm³/mol. The number of hydrogen-bond donors (Lipinski definition) is 1. The van der Waals surface area contributed by atoms with Gasteiger partial charge in [-0.3, -0.25) is 4.79 Å². The molecule has 322 valence electrons. The van der Waals surface area contributed by atoms with Crippen LogP contribution >= 0.6 is 23.2 Å². The maximum absolute atomic E-state index is 16.1. The first-order chi connectivity index (χ1) is 28.1. The SMILES string of the molecule is COc1cc(C(=O)OC(C)OC(=O)N2CCN(C(=O)OC(C)(C)C)CC2)ccc1CC(=O)[C@@H]1N[C@@H](CC(C)(C)C)[C@](C#N)(c2ccc(Cl)cc2F)[C@H]1c1cccc(Cl)c1F. The molecule has 2 saturated heterocycles. The van der Waals surface area contributed by atoms with Crippen molar-refractivity contribution < 1.29 is 46.9 Å². The number of nitrogens with zero attached hydrogens (tertiary/aromatic N) is 3. The fourth-order valence-electron chi connectivity index (χ4n) is 7.78. The average Bonchev–Trinajstić information content (AvgIpc) is 3.48. The molecule has 0 aliphatic carbocycles. The van der Waals surface area contributed by atoms with Crippen LogP contribution in [0.5, 0.6) is 5.75 Å². The molecule has 2 heterocycles. The van der Waals surface area contributed by atoms with Gasteiger partial charge in [0.05, 0.1) is 29.8 Å². The van der Waals surface area contributed by atoms with Crippen LogP contribution in [-0.2, 0) is 30.8 Å². The number of piperazine rings is 1. The molecule has 60 heavy (non-hydrogen) atoms. The van der Waals surface area contributed by atoms with Crippen LogP contribution in [0.3, 0.4) is 0 Å². The normalized spacial score (nSPS) is 21.1. The number of rotatable bonds is 10. The second-order valence-electron chi connectivity index (χ2n) is 17.2. The van der Waals surface area contributed by atoms with E-state index in [0.717, 1.165) is 6.07 Å². The molecule has 2 fully saturated rings. The quantitative estimate of drug-likeness (QED) is 0.155. The van der Waals surface area contributed by atoms with Gasteiger partial charge in [0.2, 0.25) is 6.29 Å². The number of carbonyl (C=O) groups is 4. The number of Topliss-reactive ketones (excluding diaryl/α,β-unsaturated/α-hetero) is 1. The first-order valence-corrected chi connectivity index (χ1v) is 20.2. The zero-order chi connectivity index (χ0) is 44.3. The minimum Gasteiger partial charge on any atom is -0.496 e. The summed E-state index contributed by atoms with van der Waals surface area (Å²) >= 11 is 12.4. The maximum Gasteiger partial charge on any atom is 0.412 e. The van der Waals surface area contributed by atoms with E-state index in [1.54, 1.807) is 20.8 Å². The van der Waals surface area contributed by atoms with Gasteiger partial charge in [-0.1, -0.05) is 68.2 Å². The second kappa shape index (κ2) is 18.3. The molecular weight excluding hydrogens is 821 g/mol. The van der Waals surface area contributed by atoms with Gasteiger partial charge < -0.3 is 34.1 Å². The van der Waals surface area contributed by atoms with E-state index in [2.05, 4.69) is 11.4 Å². The van der Waals surface area contributed by atoms with E-state index in [0.29, 0.717) is 12.0 Å². The van der Waals surface area contributed by atoms with Gasteiger partial charge >= 0.3 is 18.2 Å². The van der Waals surface area contributed by atoms with Crippen molar-refractivity contribution in [1.82, 2.24) is 15.1 Å². The number of esters is 1. The lowest BCUT2D eigenvalue weighted by Gasteiger charge is -2.37. The minimum atomic E-state index is -1.81. The Balaban J connectivity index is 1.36. The van der Waals surface area contributed by atoms with Crippen molar-refractivity contribution in [2.24, 2.45) is 5.41 Å². The summed E-state index contributed by atoms with van der Waals surface area (Å²) < 4.78 is 53.9. The van der Waals surface area contributed by atoms with Crippen LogP contribution in [0.4, 0.5) is 18.4 Å². The average molecular weight is 872 g/mol. The van der Waals surface area contributed by atoms with Crippen LogP contribution in [-0.4, -0.2) is 91.0 Å². The molecule has 5 rings (SSSR count). The number of nitriles is 1. The first kappa shape index (κ1) is 46.1. The molecule has 0 spiro atoms. The monoisotopic (exact) mass is 870 g/mol. The Hall–Kier alpha value is -4.97. The third kappa shape index (κ3) is 10.3. The smallest absolute Gasteiger partial charge is 0.412 e. The summed E-state index contributed by atoms with van der Waals surface area (Å²) in [4.78, 5) is 55.9. The minimum absolute atomic E-state index is 0.0294. The molecule has 2 aliphatic rings. The molecular formula is C44H50Cl2F2N4O8. The number of hydrogen-bond acceptors (Lipinski definition) is 10. The van der Waals surface area contributed by atoms with Crippen LogP contribution in [0.1, 0.15) is 87.9 Å². The fraction of sp³-hybridized carbons (Fsp3) is 0.477. The molecule has 2 amide bonds. The van der Waals surface area contributed by atoms with Gasteiger partial charge in [0.15, 0.2) is 5.78 Å². The van der Waals surface area contributed by atoms with Crippen LogP contribution in [0.2, 0.25) is 10.0 Å². The lowest BCUT2D eigenvalue weighted by Crippen LogP contribution is -2.52. The number of benzene rings is 3. The van der Waals surface area contributed by atoms with Crippen LogP contribution in [0.15, 0.2) is 54.6 Å². The Morgan fingerprint density at radius 3 is 2.17 bits per heavy atom. The van der Waals surface area contributed by atoms with Gasteiger partial charge in [-0.15, -0.1) is 0 Å².